The summed E-state index contributed by atoms with van der Waals surface area (Å²) >= 11 is 0. The lowest BCUT2D eigenvalue weighted by molar-refractivity contribution is 0.189. The number of aromatic nitrogens is 1. The quantitative estimate of drug-likeness (QED) is 0.842. The molecule has 0 aromatic carbocycles. The van der Waals surface area contributed by atoms with E-state index in [2.05, 4.69) is 14.8 Å². The maximum Gasteiger partial charge on any atom is 0.171 e. The van der Waals surface area contributed by atoms with Gasteiger partial charge in [-0.05, 0) is 36.8 Å². The fourth-order valence-corrected chi connectivity index (χ4v) is 4.21. The second-order valence-corrected chi connectivity index (χ2v) is 6.49. The monoisotopic (exact) mass is 273 g/mol. The Kier molecular flexibility index (Phi) is 3.06. The van der Waals surface area contributed by atoms with E-state index < -0.39 is 0 Å². The Morgan fingerprint density at radius 1 is 1.15 bits per heavy atom. The Bertz CT molecular complexity index is 474. The first-order valence-corrected chi connectivity index (χ1v) is 7.83. The van der Waals surface area contributed by atoms with Gasteiger partial charge in [-0.2, -0.15) is 0 Å². The van der Waals surface area contributed by atoms with Crippen LogP contribution in [-0.4, -0.2) is 49.2 Å². The Morgan fingerprint density at radius 2 is 1.90 bits per heavy atom. The average Bonchev–Trinajstić information content (AvgIpc) is 2.99. The second kappa shape index (κ2) is 4.92. The number of nitrogens with zero attached hydrogens (tertiary/aromatic N) is 3. The molecule has 1 aromatic heterocycles. The van der Waals surface area contributed by atoms with Crippen molar-refractivity contribution in [2.45, 2.75) is 25.3 Å². The van der Waals surface area contributed by atoms with Gasteiger partial charge in [-0.15, -0.1) is 0 Å². The van der Waals surface area contributed by atoms with Gasteiger partial charge in [0.2, 0.25) is 0 Å². The van der Waals surface area contributed by atoms with Crippen molar-refractivity contribution in [3.05, 3.63) is 18.3 Å². The van der Waals surface area contributed by atoms with Crippen LogP contribution in [0.15, 0.2) is 18.3 Å². The first kappa shape index (κ1) is 12.5. The molecule has 0 bridgehead atoms. The smallest absolute Gasteiger partial charge is 0.171 e. The van der Waals surface area contributed by atoms with Crippen LogP contribution in [0.4, 0.5) is 5.82 Å². The van der Waals surface area contributed by atoms with Crippen LogP contribution < -0.4 is 9.64 Å². The fraction of sp³-hybridized carbons (Fsp3) is 0.688. The predicted molar refractivity (Wildman–Crippen MR) is 79.2 cm³/mol. The topological polar surface area (TPSA) is 28.6 Å². The van der Waals surface area contributed by atoms with Crippen molar-refractivity contribution in [1.82, 2.24) is 9.88 Å². The summed E-state index contributed by atoms with van der Waals surface area (Å²) in [5.74, 6) is 3.89. The normalized spacial score (nSPS) is 30.4. The van der Waals surface area contributed by atoms with Crippen molar-refractivity contribution in [2.75, 3.05) is 38.2 Å². The molecule has 3 heterocycles. The van der Waals surface area contributed by atoms with Crippen molar-refractivity contribution in [1.29, 1.82) is 0 Å². The van der Waals surface area contributed by atoms with E-state index in [4.69, 9.17) is 4.74 Å². The van der Waals surface area contributed by atoms with Crippen LogP contribution in [0.5, 0.6) is 5.75 Å². The van der Waals surface area contributed by atoms with Crippen LogP contribution in [0.1, 0.15) is 19.3 Å². The molecule has 3 fully saturated rings. The number of hydrogen-bond acceptors (Lipinski definition) is 4. The van der Waals surface area contributed by atoms with E-state index in [1.165, 1.54) is 32.4 Å². The van der Waals surface area contributed by atoms with Crippen molar-refractivity contribution >= 4 is 5.82 Å². The Morgan fingerprint density at radius 3 is 2.60 bits per heavy atom. The lowest BCUT2D eigenvalue weighted by atomic mass is 10.0. The molecule has 1 saturated carbocycles. The zero-order valence-electron chi connectivity index (χ0n) is 12.2. The summed E-state index contributed by atoms with van der Waals surface area (Å²) in [7, 11) is 1.72. The number of methoxy groups -OCH3 is 1. The summed E-state index contributed by atoms with van der Waals surface area (Å²) in [5.41, 5.74) is 0. The first-order valence-electron chi connectivity index (χ1n) is 7.83. The van der Waals surface area contributed by atoms with Gasteiger partial charge in [0, 0.05) is 38.4 Å². The molecule has 2 unspecified atom stereocenters. The van der Waals surface area contributed by atoms with Gasteiger partial charge in [0.1, 0.15) is 0 Å². The molecule has 2 aliphatic heterocycles. The highest BCUT2D eigenvalue weighted by Crippen LogP contribution is 2.40. The van der Waals surface area contributed by atoms with E-state index in [0.717, 1.165) is 42.5 Å². The molecular formula is C16H23N3O. The summed E-state index contributed by atoms with van der Waals surface area (Å²) in [6.07, 6.45) is 6.24. The first-order chi connectivity index (χ1) is 9.85. The summed E-state index contributed by atoms with van der Waals surface area (Å²) < 4.78 is 5.41. The van der Waals surface area contributed by atoms with E-state index in [9.17, 15) is 0 Å². The molecule has 0 spiro atoms. The molecule has 1 aliphatic carbocycles. The molecule has 3 aliphatic rings. The molecule has 1 aromatic rings. The van der Waals surface area contributed by atoms with Gasteiger partial charge in [-0.1, -0.05) is 6.42 Å². The van der Waals surface area contributed by atoms with Gasteiger partial charge in [-0.3, -0.25) is 4.90 Å². The van der Waals surface area contributed by atoms with Crippen LogP contribution >= 0.6 is 0 Å². The lowest BCUT2D eigenvalue weighted by Crippen LogP contribution is -2.59. The van der Waals surface area contributed by atoms with Crippen LogP contribution in [0.3, 0.4) is 0 Å². The number of fused-ring (bicyclic) bond motifs is 1. The second-order valence-electron chi connectivity index (χ2n) is 6.49. The van der Waals surface area contributed by atoms with Crippen LogP contribution in [0.25, 0.3) is 0 Å². The highest BCUT2D eigenvalue weighted by atomic mass is 16.5. The fourth-order valence-electron chi connectivity index (χ4n) is 4.21. The van der Waals surface area contributed by atoms with E-state index in [0.29, 0.717) is 0 Å². The van der Waals surface area contributed by atoms with E-state index in [-0.39, 0.29) is 0 Å². The maximum atomic E-state index is 5.41. The molecule has 0 N–H and O–H groups in total. The maximum absolute atomic E-state index is 5.41. The lowest BCUT2D eigenvalue weighted by Gasteiger charge is -2.45. The highest BCUT2D eigenvalue weighted by Gasteiger charge is 2.42. The standard InChI is InChI=1S/C16H23N3O/c1-20-15-6-3-7-17-16(15)19-10-14(11-19)18-8-12-4-2-5-13(12)9-18/h3,6-7,12-14H,2,4-5,8-11H2,1H3. The van der Waals surface area contributed by atoms with Crippen molar-refractivity contribution < 1.29 is 4.74 Å². The minimum Gasteiger partial charge on any atom is -0.493 e. The van der Waals surface area contributed by atoms with Crippen LogP contribution in [-0.2, 0) is 0 Å². The van der Waals surface area contributed by atoms with Gasteiger partial charge >= 0.3 is 0 Å². The van der Waals surface area contributed by atoms with E-state index in [1.54, 1.807) is 7.11 Å². The Labute approximate surface area is 120 Å². The molecule has 20 heavy (non-hydrogen) atoms. The largest absolute Gasteiger partial charge is 0.493 e. The number of pyridine rings is 1. The van der Waals surface area contributed by atoms with Gasteiger partial charge in [0.25, 0.3) is 0 Å². The number of ether oxygens (including phenoxy) is 1. The molecular weight excluding hydrogens is 250 g/mol. The third-order valence-electron chi connectivity index (χ3n) is 5.40. The molecule has 0 radical (unpaired) electrons. The van der Waals surface area contributed by atoms with Crippen molar-refractivity contribution in [2.24, 2.45) is 11.8 Å². The van der Waals surface area contributed by atoms with Gasteiger partial charge in [0.15, 0.2) is 11.6 Å². The zero-order valence-corrected chi connectivity index (χ0v) is 12.2. The minimum absolute atomic E-state index is 0.729. The third kappa shape index (κ3) is 1.97. The number of hydrogen-bond donors (Lipinski definition) is 0. The van der Waals surface area contributed by atoms with E-state index in [1.807, 2.05) is 18.3 Å². The van der Waals surface area contributed by atoms with Crippen LogP contribution in [0, 0.1) is 11.8 Å². The summed E-state index contributed by atoms with van der Waals surface area (Å²) in [6, 6.07) is 4.66. The molecule has 0 amide bonds. The summed E-state index contributed by atoms with van der Waals surface area (Å²) in [5, 5.41) is 0. The van der Waals surface area contributed by atoms with Crippen molar-refractivity contribution in [3.8, 4) is 5.75 Å². The van der Waals surface area contributed by atoms with Gasteiger partial charge in [-0.25, -0.2) is 4.98 Å². The molecule has 4 nitrogen and oxygen atoms in total. The van der Waals surface area contributed by atoms with Gasteiger partial charge < -0.3 is 9.64 Å². The molecule has 2 atom stereocenters. The SMILES string of the molecule is COc1cccnc1N1CC(N2CC3CCCC3C2)C1. The zero-order chi connectivity index (χ0) is 13.5. The Balaban J connectivity index is 1.38. The summed E-state index contributed by atoms with van der Waals surface area (Å²) in [4.78, 5) is 9.54. The van der Waals surface area contributed by atoms with E-state index >= 15 is 0 Å². The van der Waals surface area contributed by atoms with Crippen LogP contribution in [0.2, 0.25) is 0 Å². The van der Waals surface area contributed by atoms with Gasteiger partial charge in [0.05, 0.1) is 7.11 Å². The molecule has 108 valence electrons. The third-order valence-corrected chi connectivity index (χ3v) is 5.40. The number of anilines is 1. The predicted octanol–water partition coefficient (Wildman–Crippen LogP) is 2.01. The molecule has 4 heteroatoms. The number of likely N-dealkylation sites (tertiary alicyclic amines) is 1. The summed E-state index contributed by atoms with van der Waals surface area (Å²) in [6.45, 7) is 4.88. The molecule has 2 saturated heterocycles. The highest BCUT2D eigenvalue weighted by molar-refractivity contribution is 5.54. The Hall–Kier alpha value is -1.29. The molecule has 4 rings (SSSR count). The number of rotatable bonds is 3. The minimum atomic E-state index is 0.729. The van der Waals surface area contributed by atoms with Crippen molar-refractivity contribution in [3.63, 3.8) is 0 Å². The average molecular weight is 273 g/mol.